The fourth-order valence-electron chi connectivity index (χ4n) is 2.40. The van der Waals surface area contributed by atoms with Gasteiger partial charge in [-0.2, -0.15) is 0 Å². The van der Waals surface area contributed by atoms with Gasteiger partial charge in [-0.3, -0.25) is 0 Å². The van der Waals surface area contributed by atoms with Crippen LogP contribution in [0, 0.1) is 0 Å². The molecule has 0 saturated heterocycles. The second-order valence-electron chi connectivity index (χ2n) is 5.42. The number of aryl methyl sites for hydroxylation is 1. The zero-order valence-corrected chi connectivity index (χ0v) is 10.7. The molecule has 1 aromatic rings. The van der Waals surface area contributed by atoms with Gasteiger partial charge < -0.3 is 9.64 Å². The van der Waals surface area contributed by atoms with Gasteiger partial charge in [-0.05, 0) is 57.4 Å². The van der Waals surface area contributed by atoms with Crippen molar-refractivity contribution in [2.75, 3.05) is 18.6 Å². The molecule has 1 aliphatic rings. The van der Waals surface area contributed by atoms with Crippen LogP contribution in [0.2, 0.25) is 0 Å². The van der Waals surface area contributed by atoms with E-state index in [0.29, 0.717) is 0 Å². The molecule has 0 amide bonds. The van der Waals surface area contributed by atoms with Crippen molar-refractivity contribution in [1.82, 2.24) is 0 Å². The van der Waals surface area contributed by atoms with Crippen LogP contribution in [-0.4, -0.2) is 19.2 Å². The molecule has 0 aromatic heterocycles. The summed E-state index contributed by atoms with van der Waals surface area (Å²) in [4.78, 5) is 2.49. The summed E-state index contributed by atoms with van der Waals surface area (Å²) in [5, 5.41) is 0. The van der Waals surface area contributed by atoms with E-state index in [1.165, 1.54) is 24.1 Å². The van der Waals surface area contributed by atoms with Gasteiger partial charge in [0.2, 0.25) is 0 Å². The van der Waals surface area contributed by atoms with Crippen molar-refractivity contribution in [3.63, 3.8) is 0 Å². The van der Waals surface area contributed by atoms with Crippen LogP contribution < -0.4 is 9.64 Å². The Balaban J connectivity index is 2.40. The van der Waals surface area contributed by atoms with Gasteiger partial charge in [0.05, 0.1) is 7.11 Å². The van der Waals surface area contributed by atoms with Gasteiger partial charge >= 0.3 is 0 Å². The fourth-order valence-corrected chi connectivity index (χ4v) is 2.40. The Labute approximate surface area is 98.2 Å². The van der Waals surface area contributed by atoms with E-state index in [2.05, 4.69) is 43.9 Å². The number of nitrogens with zero attached hydrogens (tertiary/aromatic N) is 1. The quantitative estimate of drug-likeness (QED) is 0.719. The van der Waals surface area contributed by atoms with Crippen LogP contribution in [0.5, 0.6) is 5.75 Å². The van der Waals surface area contributed by atoms with E-state index >= 15 is 0 Å². The normalized spacial score (nSPS) is 15.9. The molecule has 16 heavy (non-hydrogen) atoms. The van der Waals surface area contributed by atoms with E-state index < -0.39 is 0 Å². The van der Waals surface area contributed by atoms with E-state index in [1.54, 1.807) is 7.11 Å². The van der Waals surface area contributed by atoms with Gasteiger partial charge in [0.25, 0.3) is 0 Å². The highest BCUT2D eigenvalue weighted by molar-refractivity contribution is 5.59. The van der Waals surface area contributed by atoms with Gasteiger partial charge in [-0.25, -0.2) is 0 Å². The Morgan fingerprint density at radius 3 is 2.62 bits per heavy atom. The number of anilines is 1. The summed E-state index contributed by atoms with van der Waals surface area (Å²) in [5.74, 6) is 0.967. The van der Waals surface area contributed by atoms with Crippen molar-refractivity contribution in [1.29, 1.82) is 0 Å². The smallest absolute Gasteiger partial charge is 0.119 e. The number of methoxy groups -OCH3 is 1. The number of hydrogen-bond acceptors (Lipinski definition) is 2. The summed E-state index contributed by atoms with van der Waals surface area (Å²) in [7, 11) is 1.73. The van der Waals surface area contributed by atoms with E-state index in [9.17, 15) is 0 Å². The van der Waals surface area contributed by atoms with Crippen LogP contribution in [-0.2, 0) is 6.42 Å². The minimum absolute atomic E-state index is 0.198. The summed E-state index contributed by atoms with van der Waals surface area (Å²) >= 11 is 0. The maximum atomic E-state index is 5.28. The monoisotopic (exact) mass is 219 g/mol. The van der Waals surface area contributed by atoms with Crippen molar-refractivity contribution in [3.8, 4) is 5.75 Å². The van der Waals surface area contributed by atoms with Crippen LogP contribution >= 0.6 is 0 Å². The zero-order chi connectivity index (χ0) is 11.8. The molecule has 2 heteroatoms. The van der Waals surface area contributed by atoms with Crippen LogP contribution in [0.4, 0.5) is 5.69 Å². The first-order valence-electron chi connectivity index (χ1n) is 5.97. The first kappa shape index (κ1) is 11.3. The maximum absolute atomic E-state index is 5.28. The molecule has 2 rings (SSSR count). The Kier molecular flexibility index (Phi) is 2.83. The summed E-state index contributed by atoms with van der Waals surface area (Å²) in [6, 6.07) is 6.43. The number of rotatable bonds is 1. The molecule has 88 valence electrons. The fraction of sp³-hybridized carbons (Fsp3) is 0.571. The van der Waals surface area contributed by atoms with Gasteiger partial charge in [0, 0.05) is 17.8 Å². The van der Waals surface area contributed by atoms with Crippen molar-refractivity contribution in [2.24, 2.45) is 0 Å². The lowest BCUT2D eigenvalue weighted by molar-refractivity contribution is 0.413. The predicted molar refractivity (Wildman–Crippen MR) is 68.4 cm³/mol. The molecule has 0 atom stereocenters. The van der Waals surface area contributed by atoms with Gasteiger partial charge in [0.1, 0.15) is 5.75 Å². The molecule has 0 bridgehead atoms. The van der Waals surface area contributed by atoms with E-state index in [-0.39, 0.29) is 5.54 Å². The molecule has 1 aliphatic heterocycles. The van der Waals surface area contributed by atoms with E-state index in [0.717, 1.165) is 12.3 Å². The highest BCUT2D eigenvalue weighted by atomic mass is 16.5. The third-order valence-corrected chi connectivity index (χ3v) is 3.22. The number of fused-ring (bicyclic) bond motifs is 1. The molecule has 0 fully saturated rings. The first-order valence-corrected chi connectivity index (χ1v) is 5.97. The van der Waals surface area contributed by atoms with Crippen molar-refractivity contribution in [3.05, 3.63) is 23.8 Å². The molecular formula is C14H21NO. The first-order chi connectivity index (χ1) is 7.52. The Morgan fingerprint density at radius 2 is 2.00 bits per heavy atom. The molecule has 0 spiro atoms. The molecule has 1 aromatic carbocycles. The standard InChI is InChI=1S/C14H21NO/c1-14(2,3)15-9-5-6-11-10-12(16-4)7-8-13(11)15/h7-8,10H,5-6,9H2,1-4H3. The zero-order valence-electron chi connectivity index (χ0n) is 10.7. The van der Waals surface area contributed by atoms with Crippen LogP contribution in [0.25, 0.3) is 0 Å². The lowest BCUT2D eigenvalue weighted by Crippen LogP contribution is -2.44. The highest BCUT2D eigenvalue weighted by Crippen LogP contribution is 2.34. The molecule has 0 radical (unpaired) electrons. The van der Waals surface area contributed by atoms with Crippen molar-refractivity contribution >= 4 is 5.69 Å². The Morgan fingerprint density at radius 1 is 1.25 bits per heavy atom. The SMILES string of the molecule is COc1ccc2c(c1)CCCN2C(C)(C)C. The second kappa shape index (κ2) is 4.00. The predicted octanol–water partition coefficient (Wildman–Crippen LogP) is 3.25. The van der Waals surface area contributed by atoms with E-state index in [4.69, 9.17) is 4.74 Å². The molecule has 1 heterocycles. The van der Waals surface area contributed by atoms with Gasteiger partial charge in [-0.1, -0.05) is 0 Å². The summed E-state index contributed by atoms with van der Waals surface area (Å²) in [5.41, 5.74) is 2.99. The average Bonchev–Trinajstić information content (AvgIpc) is 2.26. The Bertz CT molecular complexity index is 379. The summed E-state index contributed by atoms with van der Waals surface area (Å²) in [6.45, 7) is 7.97. The molecule has 0 saturated carbocycles. The van der Waals surface area contributed by atoms with Gasteiger partial charge in [-0.15, -0.1) is 0 Å². The van der Waals surface area contributed by atoms with Crippen LogP contribution in [0.1, 0.15) is 32.8 Å². The topological polar surface area (TPSA) is 12.5 Å². The number of ether oxygens (including phenoxy) is 1. The lowest BCUT2D eigenvalue weighted by atomic mass is 9.95. The second-order valence-corrected chi connectivity index (χ2v) is 5.42. The largest absolute Gasteiger partial charge is 0.497 e. The lowest BCUT2D eigenvalue weighted by Gasteiger charge is -2.41. The molecule has 2 nitrogen and oxygen atoms in total. The van der Waals surface area contributed by atoms with Crippen molar-refractivity contribution in [2.45, 2.75) is 39.2 Å². The average molecular weight is 219 g/mol. The molecule has 0 unspecified atom stereocenters. The molecular weight excluding hydrogens is 198 g/mol. The van der Waals surface area contributed by atoms with Crippen LogP contribution in [0.3, 0.4) is 0 Å². The molecule has 0 N–H and O–H groups in total. The maximum Gasteiger partial charge on any atom is 0.119 e. The molecule has 0 aliphatic carbocycles. The third kappa shape index (κ3) is 2.01. The van der Waals surface area contributed by atoms with E-state index in [1.807, 2.05) is 0 Å². The van der Waals surface area contributed by atoms with Crippen LogP contribution in [0.15, 0.2) is 18.2 Å². The highest BCUT2D eigenvalue weighted by Gasteiger charge is 2.26. The summed E-state index contributed by atoms with van der Waals surface area (Å²) in [6.07, 6.45) is 2.40. The third-order valence-electron chi connectivity index (χ3n) is 3.22. The number of benzene rings is 1. The minimum Gasteiger partial charge on any atom is -0.497 e. The summed E-state index contributed by atoms with van der Waals surface area (Å²) < 4.78 is 5.28. The Hall–Kier alpha value is -1.18. The van der Waals surface area contributed by atoms with Crippen molar-refractivity contribution < 1.29 is 4.74 Å². The van der Waals surface area contributed by atoms with Gasteiger partial charge in [0.15, 0.2) is 0 Å². The number of hydrogen-bond donors (Lipinski definition) is 0. The minimum atomic E-state index is 0.198.